The van der Waals surface area contributed by atoms with Gasteiger partial charge in [0.05, 0.1) is 6.42 Å². The maximum absolute atomic E-state index is 11.8. The normalized spacial score (nSPS) is 10.1. The minimum Gasteiger partial charge on any atom is -0.481 e. The quantitative estimate of drug-likeness (QED) is 0.842. The first-order valence-electron chi connectivity index (χ1n) is 6.12. The van der Waals surface area contributed by atoms with Crippen LogP contribution in [0.1, 0.15) is 31.7 Å². The molecule has 1 aromatic carbocycles. The van der Waals surface area contributed by atoms with Gasteiger partial charge in [0.25, 0.3) is 0 Å². The second kappa shape index (κ2) is 6.79. The first-order valence-corrected chi connectivity index (χ1v) is 6.12. The molecule has 1 aromatic rings. The molecule has 0 unspecified atom stereocenters. The van der Waals surface area contributed by atoms with Gasteiger partial charge in [-0.2, -0.15) is 0 Å². The summed E-state index contributed by atoms with van der Waals surface area (Å²) >= 11 is 0. The molecule has 1 rings (SSSR count). The predicted molar refractivity (Wildman–Crippen MR) is 70.7 cm³/mol. The van der Waals surface area contributed by atoms with E-state index in [1.54, 1.807) is 30.1 Å². The van der Waals surface area contributed by atoms with Crippen LogP contribution in [0, 0.1) is 0 Å². The molecule has 0 aliphatic rings. The molecule has 0 aliphatic carbocycles. The number of rotatable bonds is 6. The number of carboxylic acids is 1. The number of carbonyl (C=O) groups excluding carboxylic acids is 1. The van der Waals surface area contributed by atoms with Crippen LogP contribution >= 0.6 is 0 Å². The summed E-state index contributed by atoms with van der Waals surface area (Å²) in [7, 11) is 1.72. The standard InChI is InChI=1S/C14H19NO3/c1-3-4-8-13(16)15(2)12-7-5-6-11(9-12)10-14(17)18/h5-7,9H,3-4,8,10H2,1-2H3,(H,17,18). The number of aliphatic carboxylic acids is 1. The lowest BCUT2D eigenvalue weighted by Crippen LogP contribution is -2.25. The van der Waals surface area contributed by atoms with Crippen molar-refractivity contribution < 1.29 is 14.7 Å². The third kappa shape index (κ3) is 4.20. The van der Waals surface area contributed by atoms with Gasteiger partial charge < -0.3 is 10.0 Å². The molecule has 18 heavy (non-hydrogen) atoms. The van der Waals surface area contributed by atoms with Crippen LogP contribution in [-0.2, 0) is 16.0 Å². The Hall–Kier alpha value is -1.84. The van der Waals surface area contributed by atoms with Crippen molar-refractivity contribution in [1.82, 2.24) is 0 Å². The molecule has 1 amide bonds. The zero-order chi connectivity index (χ0) is 13.5. The van der Waals surface area contributed by atoms with Gasteiger partial charge in [-0.25, -0.2) is 0 Å². The lowest BCUT2D eigenvalue weighted by molar-refractivity contribution is -0.136. The van der Waals surface area contributed by atoms with E-state index < -0.39 is 5.97 Å². The second-order valence-corrected chi connectivity index (χ2v) is 4.30. The predicted octanol–water partition coefficient (Wildman–Crippen LogP) is 2.47. The fraction of sp³-hybridized carbons (Fsp3) is 0.429. The van der Waals surface area contributed by atoms with Crippen LogP contribution in [0.3, 0.4) is 0 Å². The van der Waals surface area contributed by atoms with E-state index in [2.05, 4.69) is 0 Å². The van der Waals surface area contributed by atoms with Crippen molar-refractivity contribution in [1.29, 1.82) is 0 Å². The number of hydrogen-bond acceptors (Lipinski definition) is 2. The molecular formula is C14H19NO3. The van der Waals surface area contributed by atoms with Gasteiger partial charge in [0.1, 0.15) is 0 Å². The van der Waals surface area contributed by atoms with Crippen LogP contribution in [-0.4, -0.2) is 24.0 Å². The van der Waals surface area contributed by atoms with Crippen molar-refractivity contribution in [3.63, 3.8) is 0 Å². The molecule has 0 fully saturated rings. The Morgan fingerprint density at radius 3 is 2.67 bits per heavy atom. The number of hydrogen-bond donors (Lipinski definition) is 1. The van der Waals surface area contributed by atoms with Crippen molar-refractivity contribution in [2.45, 2.75) is 32.6 Å². The summed E-state index contributed by atoms with van der Waals surface area (Å²) in [6.07, 6.45) is 2.36. The Kier molecular flexibility index (Phi) is 5.36. The molecule has 0 saturated heterocycles. The molecule has 0 atom stereocenters. The Morgan fingerprint density at radius 1 is 1.33 bits per heavy atom. The average molecular weight is 249 g/mol. The SMILES string of the molecule is CCCCC(=O)N(C)c1cccc(CC(=O)O)c1. The monoisotopic (exact) mass is 249 g/mol. The van der Waals surface area contributed by atoms with Crippen LogP contribution in [0.25, 0.3) is 0 Å². The van der Waals surface area contributed by atoms with Gasteiger partial charge in [-0.05, 0) is 24.1 Å². The Bertz CT molecular complexity index is 429. The van der Waals surface area contributed by atoms with Crippen LogP contribution in [0.2, 0.25) is 0 Å². The fourth-order valence-electron chi connectivity index (χ4n) is 1.69. The summed E-state index contributed by atoms with van der Waals surface area (Å²) in [5, 5.41) is 8.74. The van der Waals surface area contributed by atoms with Gasteiger partial charge >= 0.3 is 5.97 Å². The van der Waals surface area contributed by atoms with Gasteiger partial charge in [-0.15, -0.1) is 0 Å². The Morgan fingerprint density at radius 2 is 2.06 bits per heavy atom. The molecule has 98 valence electrons. The van der Waals surface area contributed by atoms with Crippen LogP contribution in [0.4, 0.5) is 5.69 Å². The zero-order valence-corrected chi connectivity index (χ0v) is 10.8. The molecule has 4 heteroatoms. The first-order chi connectivity index (χ1) is 8.54. The first kappa shape index (κ1) is 14.2. The lowest BCUT2D eigenvalue weighted by Gasteiger charge is -2.17. The molecule has 0 bridgehead atoms. The minimum atomic E-state index is -0.868. The third-order valence-electron chi connectivity index (χ3n) is 2.77. The summed E-state index contributed by atoms with van der Waals surface area (Å²) in [5.41, 5.74) is 1.45. The number of benzene rings is 1. The summed E-state index contributed by atoms with van der Waals surface area (Å²) in [6, 6.07) is 7.09. The Labute approximate surface area is 107 Å². The van der Waals surface area contributed by atoms with Gasteiger partial charge in [0.15, 0.2) is 0 Å². The van der Waals surface area contributed by atoms with Crippen molar-refractivity contribution in [2.24, 2.45) is 0 Å². The van der Waals surface area contributed by atoms with E-state index in [9.17, 15) is 9.59 Å². The third-order valence-corrected chi connectivity index (χ3v) is 2.77. The highest BCUT2D eigenvalue weighted by molar-refractivity contribution is 5.92. The van der Waals surface area contributed by atoms with Crippen molar-refractivity contribution >= 4 is 17.6 Å². The molecule has 0 radical (unpaired) electrons. The van der Waals surface area contributed by atoms with Gasteiger partial charge in [0.2, 0.25) is 5.91 Å². The molecule has 0 heterocycles. The number of nitrogens with zero attached hydrogens (tertiary/aromatic N) is 1. The summed E-state index contributed by atoms with van der Waals surface area (Å²) in [6.45, 7) is 2.04. The van der Waals surface area contributed by atoms with E-state index in [-0.39, 0.29) is 12.3 Å². The maximum Gasteiger partial charge on any atom is 0.307 e. The largest absolute Gasteiger partial charge is 0.481 e. The van der Waals surface area contributed by atoms with Gasteiger partial charge in [-0.1, -0.05) is 25.5 Å². The van der Waals surface area contributed by atoms with E-state index in [1.807, 2.05) is 13.0 Å². The molecule has 1 N–H and O–H groups in total. The molecule has 0 spiro atoms. The van der Waals surface area contributed by atoms with Crippen molar-refractivity contribution in [2.75, 3.05) is 11.9 Å². The molecule has 0 aromatic heterocycles. The van der Waals surface area contributed by atoms with E-state index in [0.29, 0.717) is 12.0 Å². The lowest BCUT2D eigenvalue weighted by atomic mass is 10.1. The van der Waals surface area contributed by atoms with Crippen molar-refractivity contribution in [3.05, 3.63) is 29.8 Å². The molecule has 0 aliphatic heterocycles. The summed E-state index contributed by atoms with van der Waals surface area (Å²) in [4.78, 5) is 24.1. The maximum atomic E-state index is 11.8. The van der Waals surface area contributed by atoms with Gasteiger partial charge in [-0.3, -0.25) is 9.59 Å². The summed E-state index contributed by atoms with van der Waals surface area (Å²) in [5.74, 6) is -0.809. The second-order valence-electron chi connectivity index (χ2n) is 4.30. The number of anilines is 1. The van der Waals surface area contributed by atoms with E-state index in [4.69, 9.17) is 5.11 Å². The van der Waals surface area contributed by atoms with Gasteiger partial charge in [0, 0.05) is 19.2 Å². The van der Waals surface area contributed by atoms with Crippen molar-refractivity contribution in [3.8, 4) is 0 Å². The van der Waals surface area contributed by atoms with Crippen LogP contribution in [0.15, 0.2) is 24.3 Å². The number of unbranched alkanes of at least 4 members (excludes halogenated alkanes) is 1. The summed E-state index contributed by atoms with van der Waals surface area (Å²) < 4.78 is 0. The van der Waals surface area contributed by atoms with E-state index >= 15 is 0 Å². The van der Waals surface area contributed by atoms with E-state index in [0.717, 1.165) is 18.5 Å². The molecule has 4 nitrogen and oxygen atoms in total. The zero-order valence-electron chi connectivity index (χ0n) is 10.8. The molecular weight excluding hydrogens is 230 g/mol. The number of carbonyl (C=O) groups is 2. The highest BCUT2D eigenvalue weighted by Gasteiger charge is 2.11. The highest BCUT2D eigenvalue weighted by Crippen LogP contribution is 2.16. The van der Waals surface area contributed by atoms with Crippen LogP contribution < -0.4 is 4.90 Å². The van der Waals surface area contributed by atoms with E-state index in [1.165, 1.54) is 0 Å². The Balaban J connectivity index is 2.76. The number of amides is 1. The van der Waals surface area contributed by atoms with Crippen LogP contribution in [0.5, 0.6) is 0 Å². The minimum absolute atomic E-state index is 0.0230. The fourth-order valence-corrected chi connectivity index (χ4v) is 1.69. The smallest absolute Gasteiger partial charge is 0.307 e. The average Bonchev–Trinajstić information content (AvgIpc) is 2.34. The number of carboxylic acid groups (broad SMARTS) is 1. The molecule has 0 saturated carbocycles. The topological polar surface area (TPSA) is 57.6 Å². The highest BCUT2D eigenvalue weighted by atomic mass is 16.4.